The number of carbonyl (C=O) groups excluding carboxylic acids is 1. The summed E-state index contributed by atoms with van der Waals surface area (Å²) in [6, 6.07) is 13.9. The summed E-state index contributed by atoms with van der Waals surface area (Å²) in [5.41, 5.74) is 3.94. The number of amides is 1. The molecule has 0 saturated carbocycles. The van der Waals surface area contributed by atoms with Crippen molar-refractivity contribution in [2.24, 2.45) is 7.05 Å². The van der Waals surface area contributed by atoms with Crippen LogP contribution in [0.5, 0.6) is 5.75 Å². The minimum absolute atomic E-state index is 0.0282. The number of anilines is 4. The number of aryl methyl sites for hydroxylation is 1. The van der Waals surface area contributed by atoms with Crippen LogP contribution in [0, 0.1) is 11.3 Å². The van der Waals surface area contributed by atoms with Gasteiger partial charge in [-0.15, -0.1) is 10.2 Å². The molecule has 0 aliphatic carbocycles. The maximum absolute atomic E-state index is 12.6. The number of para-hydroxylation sites is 1. The maximum Gasteiger partial charge on any atom is 0.297 e. The third-order valence-electron chi connectivity index (χ3n) is 4.65. The molecule has 4 rings (SSSR count). The predicted octanol–water partition coefficient (Wildman–Crippen LogP) is 2.33. The summed E-state index contributed by atoms with van der Waals surface area (Å²) in [6.45, 7) is 0. The Labute approximate surface area is 199 Å². The SMILES string of the molecule is CONC(=O)c1nnc(Nc2cccc(C#N)n2)cc1Nc1cccc(-c2ncn(C)n2)c1OC. The Kier molecular flexibility index (Phi) is 6.75. The predicted molar refractivity (Wildman–Crippen MR) is 125 cm³/mol. The number of carbonyl (C=O) groups is 1. The molecule has 0 aliphatic rings. The van der Waals surface area contributed by atoms with Gasteiger partial charge in [0.25, 0.3) is 5.91 Å². The lowest BCUT2D eigenvalue weighted by molar-refractivity contribution is 0.0532. The molecule has 0 atom stereocenters. The smallest absolute Gasteiger partial charge is 0.297 e. The molecule has 3 aromatic heterocycles. The van der Waals surface area contributed by atoms with Crippen molar-refractivity contribution < 1.29 is 14.4 Å². The lowest BCUT2D eigenvalue weighted by atomic mass is 10.1. The molecule has 0 spiro atoms. The van der Waals surface area contributed by atoms with E-state index in [1.165, 1.54) is 14.2 Å². The van der Waals surface area contributed by atoms with E-state index in [0.717, 1.165) is 0 Å². The van der Waals surface area contributed by atoms with E-state index < -0.39 is 5.91 Å². The number of ether oxygens (including phenoxy) is 1. The summed E-state index contributed by atoms with van der Waals surface area (Å²) in [5.74, 6) is 1.00. The van der Waals surface area contributed by atoms with Crippen molar-refractivity contribution in [1.82, 2.24) is 35.4 Å². The normalized spacial score (nSPS) is 10.3. The lowest BCUT2D eigenvalue weighted by Crippen LogP contribution is -2.24. The van der Waals surface area contributed by atoms with Gasteiger partial charge in [0.1, 0.15) is 23.9 Å². The molecule has 13 heteroatoms. The third-order valence-corrected chi connectivity index (χ3v) is 4.65. The molecule has 0 radical (unpaired) electrons. The van der Waals surface area contributed by atoms with E-state index in [1.54, 1.807) is 54.5 Å². The number of methoxy groups -OCH3 is 1. The second-order valence-electron chi connectivity index (χ2n) is 7.03. The second kappa shape index (κ2) is 10.2. The molecule has 1 amide bonds. The second-order valence-corrected chi connectivity index (χ2v) is 7.03. The van der Waals surface area contributed by atoms with Crippen molar-refractivity contribution in [3.05, 3.63) is 60.2 Å². The van der Waals surface area contributed by atoms with Crippen molar-refractivity contribution in [2.75, 3.05) is 24.9 Å². The molecule has 1 aromatic carbocycles. The van der Waals surface area contributed by atoms with E-state index in [1.807, 2.05) is 12.1 Å². The number of benzene rings is 1. The minimum Gasteiger partial charge on any atom is -0.494 e. The summed E-state index contributed by atoms with van der Waals surface area (Å²) >= 11 is 0. The van der Waals surface area contributed by atoms with E-state index >= 15 is 0 Å². The highest BCUT2D eigenvalue weighted by molar-refractivity contribution is 5.98. The number of rotatable bonds is 8. The van der Waals surface area contributed by atoms with Gasteiger partial charge in [0.15, 0.2) is 23.1 Å². The fraction of sp³-hybridized carbons (Fsp3) is 0.136. The highest BCUT2D eigenvalue weighted by Gasteiger charge is 2.19. The number of hydrogen-bond acceptors (Lipinski definition) is 11. The van der Waals surface area contributed by atoms with Gasteiger partial charge in [-0.25, -0.2) is 15.4 Å². The molecule has 3 heterocycles. The summed E-state index contributed by atoms with van der Waals surface area (Å²) in [6.07, 6.45) is 1.59. The number of hydroxylamine groups is 1. The van der Waals surface area contributed by atoms with Gasteiger partial charge in [-0.3, -0.25) is 14.3 Å². The standard InChI is InChI=1S/C22H20N10O3/c1-32-12-24-21(30-32)14-7-5-8-15(20(14)34-2)26-16-10-18(28-29-19(16)22(33)31-35-3)27-17-9-4-6-13(11-23)25-17/h4-10,12H,1-3H3,(H,31,33)(H2,25,26,27,28). The zero-order chi connectivity index (χ0) is 24.8. The van der Waals surface area contributed by atoms with E-state index in [-0.39, 0.29) is 17.2 Å². The van der Waals surface area contributed by atoms with Gasteiger partial charge in [-0.05, 0) is 24.3 Å². The number of pyridine rings is 1. The van der Waals surface area contributed by atoms with Crippen LogP contribution in [0.1, 0.15) is 16.2 Å². The van der Waals surface area contributed by atoms with Crippen molar-refractivity contribution >= 4 is 28.9 Å². The first-order valence-electron chi connectivity index (χ1n) is 10.2. The maximum atomic E-state index is 12.6. The first kappa shape index (κ1) is 23.1. The average molecular weight is 472 g/mol. The van der Waals surface area contributed by atoms with Gasteiger partial charge >= 0.3 is 0 Å². The number of hydrogen-bond donors (Lipinski definition) is 3. The molecule has 3 N–H and O–H groups in total. The summed E-state index contributed by atoms with van der Waals surface area (Å²) in [5, 5.41) is 27.7. The Hall–Kier alpha value is -5.09. The molecule has 0 aliphatic heterocycles. The fourth-order valence-electron chi connectivity index (χ4n) is 3.19. The van der Waals surface area contributed by atoms with Gasteiger partial charge in [-0.2, -0.15) is 10.4 Å². The quantitative estimate of drug-likeness (QED) is 0.322. The van der Waals surface area contributed by atoms with E-state index in [2.05, 4.69) is 41.4 Å². The van der Waals surface area contributed by atoms with Crippen LogP contribution >= 0.6 is 0 Å². The van der Waals surface area contributed by atoms with Crippen molar-refractivity contribution in [3.8, 4) is 23.2 Å². The van der Waals surface area contributed by atoms with Crippen LogP contribution in [0.3, 0.4) is 0 Å². The molecule has 176 valence electrons. The molecular formula is C22H20N10O3. The highest BCUT2D eigenvalue weighted by Crippen LogP contribution is 2.37. The number of nitrogens with zero attached hydrogens (tertiary/aromatic N) is 7. The van der Waals surface area contributed by atoms with Crippen LogP contribution < -0.4 is 20.9 Å². The van der Waals surface area contributed by atoms with Crippen molar-refractivity contribution in [1.29, 1.82) is 5.26 Å². The first-order chi connectivity index (χ1) is 17.0. The van der Waals surface area contributed by atoms with Crippen LogP contribution in [0.25, 0.3) is 11.4 Å². The molecule has 4 aromatic rings. The van der Waals surface area contributed by atoms with Crippen LogP contribution in [0.15, 0.2) is 48.8 Å². The van der Waals surface area contributed by atoms with Gasteiger partial charge in [0, 0.05) is 13.1 Å². The zero-order valence-electron chi connectivity index (χ0n) is 19.0. The molecule has 13 nitrogen and oxygen atoms in total. The van der Waals surface area contributed by atoms with Crippen LogP contribution in [-0.4, -0.2) is 50.1 Å². The highest BCUT2D eigenvalue weighted by atomic mass is 16.6. The third kappa shape index (κ3) is 5.13. The topological polar surface area (TPSA) is 165 Å². The van der Waals surface area contributed by atoms with Crippen LogP contribution in [-0.2, 0) is 11.9 Å². The lowest BCUT2D eigenvalue weighted by Gasteiger charge is -2.16. The Bertz CT molecular complexity index is 1410. The summed E-state index contributed by atoms with van der Waals surface area (Å²) in [4.78, 5) is 25.8. The van der Waals surface area contributed by atoms with Gasteiger partial charge in [-0.1, -0.05) is 12.1 Å². The molecule has 35 heavy (non-hydrogen) atoms. The van der Waals surface area contributed by atoms with E-state index in [4.69, 9.17) is 14.8 Å². The first-order valence-corrected chi connectivity index (χ1v) is 10.2. The number of nitriles is 1. The van der Waals surface area contributed by atoms with E-state index in [0.29, 0.717) is 34.3 Å². The fourth-order valence-corrected chi connectivity index (χ4v) is 3.19. The van der Waals surface area contributed by atoms with E-state index in [9.17, 15) is 4.79 Å². The number of nitrogens with one attached hydrogen (secondary N) is 3. The Balaban J connectivity index is 1.74. The van der Waals surface area contributed by atoms with Crippen molar-refractivity contribution in [2.45, 2.75) is 0 Å². The molecule has 0 saturated heterocycles. The van der Waals surface area contributed by atoms with Crippen molar-refractivity contribution in [3.63, 3.8) is 0 Å². The van der Waals surface area contributed by atoms with Crippen LogP contribution in [0.2, 0.25) is 0 Å². The summed E-state index contributed by atoms with van der Waals surface area (Å²) < 4.78 is 7.23. The molecule has 0 fully saturated rings. The van der Waals surface area contributed by atoms with Gasteiger partial charge < -0.3 is 15.4 Å². The monoisotopic (exact) mass is 472 g/mol. The molecule has 0 bridgehead atoms. The summed E-state index contributed by atoms with van der Waals surface area (Å²) in [7, 11) is 4.61. The zero-order valence-corrected chi connectivity index (χ0v) is 19.0. The molecule has 0 unspecified atom stereocenters. The van der Waals surface area contributed by atoms with Gasteiger partial charge in [0.05, 0.1) is 31.2 Å². The Morgan fingerprint density at radius 2 is 1.89 bits per heavy atom. The molecular weight excluding hydrogens is 452 g/mol. The Morgan fingerprint density at radius 1 is 1.06 bits per heavy atom. The average Bonchev–Trinajstić information content (AvgIpc) is 3.30. The Morgan fingerprint density at radius 3 is 2.60 bits per heavy atom. The minimum atomic E-state index is -0.611. The largest absolute Gasteiger partial charge is 0.494 e. The van der Waals surface area contributed by atoms with Crippen LogP contribution in [0.4, 0.5) is 23.0 Å². The van der Waals surface area contributed by atoms with Gasteiger partial charge in [0.2, 0.25) is 0 Å². The number of aromatic nitrogens is 6.